The van der Waals surface area contributed by atoms with Gasteiger partial charge < -0.3 is 14.8 Å². The topological polar surface area (TPSA) is 134 Å². The highest BCUT2D eigenvalue weighted by molar-refractivity contribution is 5.93. The third kappa shape index (κ3) is 5.41. The number of carbonyl (C=O) groups is 1. The molecule has 1 amide bonds. The van der Waals surface area contributed by atoms with Gasteiger partial charge in [0, 0.05) is 31.1 Å². The average Bonchev–Trinajstić information content (AvgIpc) is 3.28. The summed E-state index contributed by atoms with van der Waals surface area (Å²) < 4.78 is 12.7. The van der Waals surface area contributed by atoms with Crippen LogP contribution in [0.4, 0.5) is 5.69 Å². The van der Waals surface area contributed by atoms with E-state index in [0.29, 0.717) is 29.5 Å². The number of non-ortho nitro benzene ring substituents is 1. The summed E-state index contributed by atoms with van der Waals surface area (Å²) in [5, 5.41) is 21.8. The smallest absolute Gasteiger partial charge is 0.274 e. The highest BCUT2D eigenvalue weighted by atomic mass is 16.6. The van der Waals surface area contributed by atoms with Crippen molar-refractivity contribution in [2.75, 3.05) is 7.11 Å². The third-order valence-corrected chi connectivity index (χ3v) is 5.22. The van der Waals surface area contributed by atoms with Crippen molar-refractivity contribution in [2.24, 2.45) is 0 Å². The zero-order valence-corrected chi connectivity index (χ0v) is 19.0. The van der Waals surface area contributed by atoms with Gasteiger partial charge in [0.2, 0.25) is 0 Å². The van der Waals surface area contributed by atoms with Crippen molar-refractivity contribution in [3.05, 3.63) is 99.6 Å². The normalized spacial score (nSPS) is 10.6. The van der Waals surface area contributed by atoms with Crippen LogP contribution in [0.1, 0.15) is 27.3 Å². The van der Waals surface area contributed by atoms with Crippen LogP contribution >= 0.6 is 0 Å². The Morgan fingerprint density at radius 1 is 1.09 bits per heavy atom. The van der Waals surface area contributed by atoms with Crippen molar-refractivity contribution < 1.29 is 19.2 Å². The summed E-state index contributed by atoms with van der Waals surface area (Å²) in [5.41, 5.74) is 2.73. The van der Waals surface area contributed by atoms with E-state index in [4.69, 9.17) is 9.47 Å². The van der Waals surface area contributed by atoms with E-state index in [1.807, 2.05) is 18.2 Å². The molecule has 0 radical (unpaired) electrons. The Kier molecular flexibility index (Phi) is 6.96. The maximum Gasteiger partial charge on any atom is 0.274 e. The SMILES string of the molecule is COc1cc(CNC(=O)c2nnn(-c3cccc([N+](=O)[O-])c3)c2C)ccc1OCc1ccncc1. The molecule has 0 aliphatic heterocycles. The van der Waals surface area contributed by atoms with Gasteiger partial charge in [-0.3, -0.25) is 19.9 Å². The molecule has 0 saturated heterocycles. The molecule has 11 nitrogen and oxygen atoms in total. The van der Waals surface area contributed by atoms with Crippen molar-refractivity contribution in [1.29, 1.82) is 0 Å². The van der Waals surface area contributed by atoms with E-state index in [-0.39, 0.29) is 17.9 Å². The molecule has 178 valence electrons. The number of nitro groups is 1. The molecule has 0 aliphatic rings. The van der Waals surface area contributed by atoms with Gasteiger partial charge in [0.05, 0.1) is 23.4 Å². The van der Waals surface area contributed by atoms with Gasteiger partial charge in [0.1, 0.15) is 6.61 Å². The van der Waals surface area contributed by atoms with E-state index in [1.54, 1.807) is 50.7 Å². The van der Waals surface area contributed by atoms with Crippen LogP contribution in [0.5, 0.6) is 11.5 Å². The van der Waals surface area contributed by atoms with Gasteiger partial charge >= 0.3 is 0 Å². The van der Waals surface area contributed by atoms with Crippen molar-refractivity contribution >= 4 is 11.6 Å². The minimum absolute atomic E-state index is 0.0782. The first-order valence-electron chi connectivity index (χ1n) is 10.6. The summed E-state index contributed by atoms with van der Waals surface area (Å²) in [7, 11) is 1.55. The van der Waals surface area contributed by atoms with Crippen LogP contribution in [0.2, 0.25) is 0 Å². The molecule has 0 unspecified atom stereocenters. The van der Waals surface area contributed by atoms with Gasteiger partial charge in [0.15, 0.2) is 17.2 Å². The Balaban J connectivity index is 1.42. The van der Waals surface area contributed by atoms with Crippen molar-refractivity contribution in [3.63, 3.8) is 0 Å². The number of hydrogen-bond donors (Lipinski definition) is 1. The van der Waals surface area contributed by atoms with E-state index in [0.717, 1.165) is 11.1 Å². The molecule has 1 N–H and O–H groups in total. The molecule has 0 saturated carbocycles. The number of ether oxygens (including phenoxy) is 2. The highest BCUT2D eigenvalue weighted by Gasteiger charge is 2.18. The Morgan fingerprint density at radius 3 is 2.63 bits per heavy atom. The molecule has 0 fully saturated rings. The number of aromatic nitrogens is 4. The fourth-order valence-corrected chi connectivity index (χ4v) is 3.37. The lowest BCUT2D eigenvalue weighted by Crippen LogP contribution is -2.24. The first-order valence-corrected chi connectivity index (χ1v) is 10.6. The number of nitro benzene ring substituents is 1. The molecule has 35 heavy (non-hydrogen) atoms. The van der Waals surface area contributed by atoms with Crippen LogP contribution < -0.4 is 14.8 Å². The number of carbonyl (C=O) groups excluding carboxylic acids is 1. The molecule has 2 aromatic heterocycles. The van der Waals surface area contributed by atoms with Crippen LogP contribution in [0.15, 0.2) is 67.0 Å². The van der Waals surface area contributed by atoms with E-state index in [9.17, 15) is 14.9 Å². The second kappa shape index (κ2) is 10.4. The molecule has 0 atom stereocenters. The predicted molar refractivity (Wildman–Crippen MR) is 125 cm³/mol. The minimum atomic E-state index is -0.493. The van der Waals surface area contributed by atoms with E-state index < -0.39 is 10.8 Å². The summed E-state index contributed by atoms with van der Waals surface area (Å²) in [4.78, 5) is 27.3. The van der Waals surface area contributed by atoms with Gasteiger partial charge in [0.25, 0.3) is 11.6 Å². The Morgan fingerprint density at radius 2 is 1.89 bits per heavy atom. The molecule has 0 bridgehead atoms. The second-order valence-corrected chi connectivity index (χ2v) is 7.52. The fraction of sp³-hybridized carbons (Fsp3) is 0.167. The largest absolute Gasteiger partial charge is 0.493 e. The molecule has 4 rings (SSSR count). The Hall–Kier alpha value is -4.80. The van der Waals surface area contributed by atoms with E-state index >= 15 is 0 Å². The first-order chi connectivity index (χ1) is 17.0. The van der Waals surface area contributed by atoms with Gasteiger partial charge in [-0.2, -0.15) is 0 Å². The summed E-state index contributed by atoms with van der Waals surface area (Å²) in [6.07, 6.45) is 3.40. The zero-order valence-electron chi connectivity index (χ0n) is 19.0. The second-order valence-electron chi connectivity index (χ2n) is 7.52. The molecule has 0 spiro atoms. The van der Waals surface area contributed by atoms with Gasteiger partial charge in [-0.25, -0.2) is 4.68 Å². The molecule has 0 aliphatic carbocycles. The molecular formula is C24H22N6O5. The third-order valence-electron chi connectivity index (χ3n) is 5.22. The lowest BCUT2D eigenvalue weighted by molar-refractivity contribution is -0.384. The Labute approximate surface area is 200 Å². The molecule has 11 heteroatoms. The maximum absolute atomic E-state index is 12.7. The number of pyridine rings is 1. The van der Waals surface area contributed by atoms with E-state index in [2.05, 4.69) is 20.6 Å². The average molecular weight is 474 g/mol. The van der Waals surface area contributed by atoms with Crippen molar-refractivity contribution in [2.45, 2.75) is 20.1 Å². The van der Waals surface area contributed by atoms with Crippen LogP contribution in [0.25, 0.3) is 5.69 Å². The number of rotatable bonds is 9. The number of amides is 1. The highest BCUT2D eigenvalue weighted by Crippen LogP contribution is 2.29. The summed E-state index contributed by atoms with van der Waals surface area (Å²) in [6, 6.07) is 15.1. The number of nitrogens with zero attached hydrogens (tertiary/aromatic N) is 5. The van der Waals surface area contributed by atoms with Crippen molar-refractivity contribution in [1.82, 2.24) is 25.3 Å². The Bertz CT molecular complexity index is 1360. The van der Waals surface area contributed by atoms with Gasteiger partial charge in [-0.1, -0.05) is 17.3 Å². The van der Waals surface area contributed by atoms with Crippen LogP contribution in [0, 0.1) is 17.0 Å². The first kappa shape index (κ1) is 23.4. The van der Waals surface area contributed by atoms with Gasteiger partial charge in [-0.15, -0.1) is 5.10 Å². The van der Waals surface area contributed by atoms with Crippen LogP contribution in [-0.4, -0.2) is 37.9 Å². The van der Waals surface area contributed by atoms with Crippen molar-refractivity contribution in [3.8, 4) is 17.2 Å². The zero-order chi connectivity index (χ0) is 24.8. The quantitative estimate of drug-likeness (QED) is 0.288. The summed E-state index contributed by atoms with van der Waals surface area (Å²) in [5.74, 6) is 0.699. The number of benzene rings is 2. The summed E-state index contributed by atoms with van der Waals surface area (Å²) >= 11 is 0. The molecule has 2 heterocycles. The number of nitrogens with one attached hydrogen (secondary N) is 1. The maximum atomic E-state index is 12.7. The fourth-order valence-electron chi connectivity index (χ4n) is 3.37. The summed E-state index contributed by atoms with van der Waals surface area (Å²) in [6.45, 7) is 2.27. The molecule has 4 aromatic rings. The molecular weight excluding hydrogens is 452 g/mol. The number of methoxy groups -OCH3 is 1. The minimum Gasteiger partial charge on any atom is -0.493 e. The van der Waals surface area contributed by atoms with Gasteiger partial charge in [-0.05, 0) is 48.4 Å². The lowest BCUT2D eigenvalue weighted by atomic mass is 10.2. The van der Waals surface area contributed by atoms with E-state index in [1.165, 1.54) is 16.8 Å². The standard InChI is InChI=1S/C24H22N6O5/c1-16-23(27-28-29(16)19-4-3-5-20(13-19)30(32)33)24(31)26-14-18-6-7-21(22(12-18)34-2)35-15-17-8-10-25-11-9-17/h3-13H,14-15H2,1-2H3,(H,26,31). The molecule has 2 aromatic carbocycles. The number of hydrogen-bond acceptors (Lipinski definition) is 8. The van der Waals surface area contributed by atoms with Crippen LogP contribution in [0.3, 0.4) is 0 Å². The monoisotopic (exact) mass is 474 g/mol. The van der Waals surface area contributed by atoms with Crippen LogP contribution in [-0.2, 0) is 13.2 Å². The predicted octanol–water partition coefficient (Wildman–Crippen LogP) is 3.40. The lowest BCUT2D eigenvalue weighted by Gasteiger charge is -2.12.